The van der Waals surface area contributed by atoms with Crippen molar-refractivity contribution >= 4 is 0 Å². The van der Waals surface area contributed by atoms with Crippen LogP contribution in [0.1, 0.15) is 24.8 Å². The topological polar surface area (TPSA) is 49.5 Å². The second kappa shape index (κ2) is 7.09. The van der Waals surface area contributed by atoms with Crippen molar-refractivity contribution < 1.29 is 9.60 Å². The first kappa shape index (κ1) is 16.0. The van der Waals surface area contributed by atoms with E-state index < -0.39 is 0 Å². The molecule has 1 aromatic rings. The molecule has 0 spiro atoms. The first-order valence-corrected chi connectivity index (χ1v) is 7.21. The first-order valence-electron chi connectivity index (χ1n) is 7.21. The van der Waals surface area contributed by atoms with Gasteiger partial charge in [0.05, 0.1) is 11.4 Å². The Kier molecular flexibility index (Phi) is 5.17. The summed E-state index contributed by atoms with van der Waals surface area (Å²) < 4.78 is 13.0. The third-order valence-electron chi connectivity index (χ3n) is 3.70. The molecule has 0 amide bonds. The highest BCUT2D eigenvalue weighted by molar-refractivity contribution is 5.45. The van der Waals surface area contributed by atoms with E-state index in [2.05, 4.69) is 0 Å². The van der Waals surface area contributed by atoms with E-state index in [1.165, 1.54) is 12.1 Å². The number of halogens is 1. The zero-order chi connectivity index (χ0) is 16.1. The Balaban J connectivity index is 2.21. The summed E-state index contributed by atoms with van der Waals surface area (Å²) in [5.41, 5.74) is 9.23. The van der Waals surface area contributed by atoms with Crippen LogP contribution in [0.3, 0.4) is 0 Å². The predicted molar refractivity (Wildman–Crippen MR) is 86.6 cm³/mol. The number of allylic oxidation sites excluding steroid dienone is 5. The summed E-state index contributed by atoms with van der Waals surface area (Å²) in [5.74, 6) is -0.101. The van der Waals surface area contributed by atoms with Gasteiger partial charge in [0.25, 0.3) is 0 Å². The molecule has 1 aliphatic rings. The number of hydroxylamine groups is 2. The SMILES string of the molecule is CC(/C=C\C1=CC=CCC(N(C)O)=C1N)c1ccc(F)cc1. The van der Waals surface area contributed by atoms with Gasteiger partial charge in [-0.15, -0.1) is 0 Å². The van der Waals surface area contributed by atoms with Crippen molar-refractivity contribution in [3.63, 3.8) is 0 Å². The second-order valence-electron chi connectivity index (χ2n) is 5.34. The minimum atomic E-state index is -0.237. The van der Waals surface area contributed by atoms with Crippen LogP contribution in [0.25, 0.3) is 0 Å². The number of rotatable bonds is 4. The Morgan fingerprint density at radius 2 is 2.00 bits per heavy atom. The van der Waals surface area contributed by atoms with Crippen molar-refractivity contribution in [3.8, 4) is 0 Å². The van der Waals surface area contributed by atoms with Crippen LogP contribution in [0.15, 0.2) is 71.6 Å². The standard InChI is InChI=1S/C18H21FN2O/c1-13(14-9-11-16(19)12-10-14)7-8-15-5-3-4-6-17(18(15)20)21(2)22/h3-5,7-13,22H,6,20H2,1-2H3/b8-7-. The fraction of sp³-hybridized carbons (Fsp3) is 0.222. The molecule has 1 atom stereocenters. The Morgan fingerprint density at radius 1 is 1.32 bits per heavy atom. The van der Waals surface area contributed by atoms with E-state index in [0.717, 1.165) is 16.2 Å². The van der Waals surface area contributed by atoms with Crippen molar-refractivity contribution in [2.24, 2.45) is 5.73 Å². The number of hydrogen-bond acceptors (Lipinski definition) is 3. The third-order valence-corrected chi connectivity index (χ3v) is 3.70. The molecule has 1 aromatic carbocycles. The fourth-order valence-electron chi connectivity index (χ4n) is 2.29. The van der Waals surface area contributed by atoms with Gasteiger partial charge in [0.1, 0.15) is 5.82 Å². The minimum absolute atomic E-state index is 0.136. The molecule has 0 aromatic heterocycles. The quantitative estimate of drug-likeness (QED) is 0.830. The number of benzene rings is 1. The van der Waals surface area contributed by atoms with Gasteiger partial charge in [-0.25, -0.2) is 4.39 Å². The summed E-state index contributed by atoms with van der Waals surface area (Å²) in [6, 6.07) is 6.47. The largest absolute Gasteiger partial charge is 0.397 e. The number of nitrogens with zero attached hydrogens (tertiary/aromatic N) is 1. The van der Waals surface area contributed by atoms with E-state index in [0.29, 0.717) is 17.8 Å². The summed E-state index contributed by atoms with van der Waals surface area (Å²) in [6.07, 6.45) is 10.3. The average molecular weight is 300 g/mol. The maximum atomic E-state index is 13.0. The Hall–Kier alpha value is -2.33. The summed E-state index contributed by atoms with van der Waals surface area (Å²) in [7, 11) is 1.56. The lowest BCUT2D eigenvalue weighted by molar-refractivity contribution is -0.0309. The van der Waals surface area contributed by atoms with Gasteiger partial charge in [0.15, 0.2) is 0 Å². The van der Waals surface area contributed by atoms with E-state index in [-0.39, 0.29) is 11.7 Å². The first-order chi connectivity index (χ1) is 10.5. The molecule has 0 aliphatic heterocycles. The van der Waals surface area contributed by atoms with E-state index in [4.69, 9.17) is 5.73 Å². The van der Waals surface area contributed by atoms with Gasteiger partial charge in [-0.3, -0.25) is 10.3 Å². The van der Waals surface area contributed by atoms with Gasteiger partial charge in [0.2, 0.25) is 0 Å². The minimum Gasteiger partial charge on any atom is -0.397 e. The highest BCUT2D eigenvalue weighted by Gasteiger charge is 2.11. The van der Waals surface area contributed by atoms with Crippen LogP contribution in [0.2, 0.25) is 0 Å². The predicted octanol–water partition coefficient (Wildman–Crippen LogP) is 3.86. The summed E-state index contributed by atoms with van der Waals surface area (Å²) in [5, 5.41) is 10.7. The van der Waals surface area contributed by atoms with Crippen LogP contribution >= 0.6 is 0 Å². The van der Waals surface area contributed by atoms with Crippen molar-refractivity contribution in [1.29, 1.82) is 0 Å². The Bertz CT molecular complexity index is 640. The molecule has 22 heavy (non-hydrogen) atoms. The number of nitrogens with two attached hydrogens (primary N) is 1. The maximum absolute atomic E-state index is 13.0. The zero-order valence-electron chi connectivity index (χ0n) is 12.8. The van der Waals surface area contributed by atoms with Crippen molar-refractivity contribution in [2.45, 2.75) is 19.3 Å². The van der Waals surface area contributed by atoms with E-state index >= 15 is 0 Å². The van der Waals surface area contributed by atoms with E-state index in [9.17, 15) is 9.60 Å². The van der Waals surface area contributed by atoms with Crippen molar-refractivity contribution in [1.82, 2.24) is 5.06 Å². The van der Waals surface area contributed by atoms with Crippen LogP contribution in [0, 0.1) is 5.82 Å². The normalized spacial score (nSPS) is 16.6. The van der Waals surface area contributed by atoms with Crippen molar-refractivity contribution in [2.75, 3.05) is 7.05 Å². The maximum Gasteiger partial charge on any atom is 0.123 e. The fourth-order valence-corrected chi connectivity index (χ4v) is 2.29. The average Bonchev–Trinajstić information content (AvgIpc) is 2.67. The molecule has 0 bridgehead atoms. The molecule has 0 fully saturated rings. The molecule has 0 saturated heterocycles. The molecule has 3 N–H and O–H groups in total. The van der Waals surface area contributed by atoms with Gasteiger partial charge < -0.3 is 5.73 Å². The lowest BCUT2D eigenvalue weighted by Gasteiger charge is -2.17. The van der Waals surface area contributed by atoms with Crippen LogP contribution in [0.5, 0.6) is 0 Å². The van der Waals surface area contributed by atoms with Gasteiger partial charge in [0, 0.05) is 13.5 Å². The highest BCUT2D eigenvalue weighted by Crippen LogP contribution is 2.22. The molecular formula is C18H21FN2O. The molecule has 0 heterocycles. The van der Waals surface area contributed by atoms with Crippen LogP contribution in [-0.2, 0) is 0 Å². The van der Waals surface area contributed by atoms with Gasteiger partial charge in [-0.1, -0.05) is 49.4 Å². The highest BCUT2D eigenvalue weighted by atomic mass is 19.1. The zero-order valence-corrected chi connectivity index (χ0v) is 12.8. The molecule has 2 rings (SSSR count). The van der Waals surface area contributed by atoms with E-state index in [1.54, 1.807) is 19.2 Å². The summed E-state index contributed by atoms with van der Waals surface area (Å²) >= 11 is 0. The smallest absolute Gasteiger partial charge is 0.123 e. The van der Waals surface area contributed by atoms with Crippen LogP contribution in [0.4, 0.5) is 4.39 Å². The molecule has 1 unspecified atom stereocenters. The summed E-state index contributed by atoms with van der Waals surface area (Å²) in [6.45, 7) is 2.04. The van der Waals surface area contributed by atoms with Gasteiger partial charge in [-0.05, 0) is 29.2 Å². The van der Waals surface area contributed by atoms with Crippen molar-refractivity contribution in [3.05, 3.63) is 83.0 Å². The molecule has 0 radical (unpaired) electrons. The third kappa shape index (κ3) is 3.86. The van der Waals surface area contributed by atoms with E-state index in [1.807, 2.05) is 37.3 Å². The summed E-state index contributed by atoms with van der Waals surface area (Å²) in [4.78, 5) is 0. The van der Waals surface area contributed by atoms with Crippen LogP contribution < -0.4 is 5.73 Å². The number of hydrogen-bond donors (Lipinski definition) is 2. The Morgan fingerprint density at radius 3 is 2.64 bits per heavy atom. The molecule has 0 saturated carbocycles. The lowest BCUT2D eigenvalue weighted by Crippen LogP contribution is -2.18. The van der Waals surface area contributed by atoms with Gasteiger partial charge in [-0.2, -0.15) is 0 Å². The molecule has 1 aliphatic carbocycles. The Labute approximate surface area is 130 Å². The van der Waals surface area contributed by atoms with Crippen LogP contribution in [-0.4, -0.2) is 17.3 Å². The second-order valence-corrected chi connectivity index (χ2v) is 5.34. The molecule has 4 heteroatoms. The van der Waals surface area contributed by atoms with Gasteiger partial charge >= 0.3 is 0 Å². The molecule has 116 valence electrons. The monoisotopic (exact) mass is 300 g/mol. The lowest BCUT2D eigenvalue weighted by atomic mass is 9.99. The molecular weight excluding hydrogens is 279 g/mol. The molecule has 3 nitrogen and oxygen atoms in total.